The molecule has 0 fully saturated rings. The number of rotatable bonds is 3. The van der Waals surface area contributed by atoms with Gasteiger partial charge in [-0.2, -0.15) is 0 Å². The quantitative estimate of drug-likeness (QED) is 0.567. The second-order valence-electron chi connectivity index (χ2n) is 4.66. The summed E-state index contributed by atoms with van der Waals surface area (Å²) in [6.07, 6.45) is 4.43. The van der Waals surface area contributed by atoms with E-state index in [-0.39, 0.29) is 5.92 Å². The van der Waals surface area contributed by atoms with Crippen LogP contribution < -0.4 is 0 Å². The molecule has 0 saturated heterocycles. The zero-order chi connectivity index (χ0) is 14.1. The van der Waals surface area contributed by atoms with Gasteiger partial charge in [-0.25, -0.2) is 0 Å². The largest absolute Gasteiger partial charge is 0.455 e. The molecule has 0 radical (unpaired) electrons. The average Bonchev–Trinajstić information content (AvgIpc) is 3.29. The molecule has 4 rings (SSSR count). The smallest absolute Gasteiger partial charge is 0.141 e. The SMILES string of the molecule is C1=C(c2cccs2)OC(c2cccs2)=CC1c1cccs1. The molecule has 0 N–H and O–H groups in total. The van der Waals surface area contributed by atoms with Crippen LogP contribution in [-0.4, -0.2) is 0 Å². The molecule has 104 valence electrons. The second kappa shape index (κ2) is 5.64. The zero-order valence-corrected chi connectivity index (χ0v) is 13.5. The molecule has 0 aromatic carbocycles. The lowest BCUT2D eigenvalue weighted by Crippen LogP contribution is -2.02. The van der Waals surface area contributed by atoms with E-state index in [0.717, 1.165) is 11.5 Å². The molecule has 0 saturated carbocycles. The fourth-order valence-corrected chi connectivity index (χ4v) is 4.45. The van der Waals surface area contributed by atoms with Gasteiger partial charge in [0, 0.05) is 10.8 Å². The number of hydrogen-bond donors (Lipinski definition) is 0. The Bertz CT molecular complexity index is 712. The second-order valence-corrected chi connectivity index (χ2v) is 7.53. The molecule has 0 bridgehead atoms. The Labute approximate surface area is 135 Å². The lowest BCUT2D eigenvalue weighted by atomic mass is 10.0. The van der Waals surface area contributed by atoms with Gasteiger partial charge in [-0.05, 0) is 46.5 Å². The van der Waals surface area contributed by atoms with Crippen LogP contribution in [0.15, 0.2) is 64.7 Å². The van der Waals surface area contributed by atoms with Crippen LogP contribution in [0.25, 0.3) is 11.5 Å². The highest BCUT2D eigenvalue weighted by atomic mass is 32.1. The van der Waals surface area contributed by atoms with Gasteiger partial charge in [-0.1, -0.05) is 18.2 Å². The van der Waals surface area contributed by atoms with E-state index < -0.39 is 0 Å². The average molecular weight is 328 g/mol. The Morgan fingerprint density at radius 1 is 0.714 bits per heavy atom. The normalized spacial score (nSPS) is 15.4. The summed E-state index contributed by atoms with van der Waals surface area (Å²) in [7, 11) is 0. The molecule has 1 nitrogen and oxygen atoms in total. The highest BCUT2D eigenvalue weighted by Gasteiger charge is 2.21. The van der Waals surface area contributed by atoms with Crippen LogP contribution in [0.5, 0.6) is 0 Å². The van der Waals surface area contributed by atoms with E-state index >= 15 is 0 Å². The maximum absolute atomic E-state index is 6.15. The third kappa shape index (κ3) is 2.62. The van der Waals surface area contributed by atoms with Crippen LogP contribution in [0.4, 0.5) is 0 Å². The third-order valence-electron chi connectivity index (χ3n) is 3.28. The van der Waals surface area contributed by atoms with Crippen LogP contribution in [0, 0.1) is 0 Å². The van der Waals surface area contributed by atoms with E-state index in [9.17, 15) is 0 Å². The van der Waals surface area contributed by atoms with Gasteiger partial charge in [0.05, 0.1) is 9.75 Å². The third-order valence-corrected chi connectivity index (χ3v) is 6.02. The Morgan fingerprint density at radius 3 is 1.76 bits per heavy atom. The van der Waals surface area contributed by atoms with Gasteiger partial charge in [0.2, 0.25) is 0 Å². The number of allylic oxidation sites excluding steroid dienone is 2. The molecular formula is C17H12OS3. The van der Waals surface area contributed by atoms with Crippen molar-refractivity contribution in [3.63, 3.8) is 0 Å². The van der Waals surface area contributed by atoms with Gasteiger partial charge >= 0.3 is 0 Å². The van der Waals surface area contributed by atoms with Crippen molar-refractivity contribution in [2.75, 3.05) is 0 Å². The maximum atomic E-state index is 6.15. The summed E-state index contributed by atoms with van der Waals surface area (Å²) in [4.78, 5) is 3.71. The van der Waals surface area contributed by atoms with Crippen LogP contribution in [0.3, 0.4) is 0 Å². The zero-order valence-electron chi connectivity index (χ0n) is 11.1. The fourth-order valence-electron chi connectivity index (χ4n) is 2.31. The Kier molecular flexibility index (Phi) is 3.51. The molecule has 0 spiro atoms. The van der Waals surface area contributed by atoms with Crippen LogP contribution >= 0.6 is 34.0 Å². The number of thiophene rings is 3. The van der Waals surface area contributed by atoms with E-state index in [4.69, 9.17) is 4.74 Å². The summed E-state index contributed by atoms with van der Waals surface area (Å²) >= 11 is 5.22. The Morgan fingerprint density at radius 2 is 1.29 bits per heavy atom. The van der Waals surface area contributed by atoms with Gasteiger partial charge < -0.3 is 4.74 Å². The van der Waals surface area contributed by atoms with E-state index in [1.54, 1.807) is 34.0 Å². The monoisotopic (exact) mass is 328 g/mol. The van der Waals surface area contributed by atoms with Crippen LogP contribution in [0.1, 0.15) is 20.5 Å². The minimum absolute atomic E-state index is 0.285. The fraction of sp³-hybridized carbons (Fsp3) is 0.0588. The molecule has 3 aromatic rings. The summed E-state index contributed by atoms with van der Waals surface area (Å²) < 4.78 is 6.15. The lowest BCUT2D eigenvalue weighted by molar-refractivity contribution is 0.462. The number of ether oxygens (including phenoxy) is 1. The van der Waals surface area contributed by atoms with Crippen molar-refractivity contribution in [3.8, 4) is 0 Å². The van der Waals surface area contributed by atoms with Crippen molar-refractivity contribution in [3.05, 3.63) is 79.3 Å². The molecule has 1 aliphatic heterocycles. The molecule has 4 heterocycles. The van der Waals surface area contributed by atoms with Gasteiger partial charge in [0.25, 0.3) is 0 Å². The molecule has 0 aliphatic carbocycles. The Balaban J connectivity index is 1.77. The molecule has 21 heavy (non-hydrogen) atoms. The minimum Gasteiger partial charge on any atom is -0.455 e. The first-order chi connectivity index (χ1) is 10.4. The summed E-state index contributed by atoms with van der Waals surface area (Å²) in [5.74, 6) is 2.22. The topological polar surface area (TPSA) is 9.23 Å². The van der Waals surface area contributed by atoms with E-state index in [0.29, 0.717) is 0 Å². The molecule has 0 amide bonds. The highest BCUT2D eigenvalue weighted by Crippen LogP contribution is 2.39. The molecular weight excluding hydrogens is 316 g/mol. The molecule has 3 aromatic heterocycles. The summed E-state index contributed by atoms with van der Waals surface area (Å²) in [5.41, 5.74) is 0. The minimum atomic E-state index is 0.285. The van der Waals surface area contributed by atoms with Gasteiger partial charge in [0.15, 0.2) is 0 Å². The summed E-state index contributed by atoms with van der Waals surface area (Å²) in [6.45, 7) is 0. The molecule has 0 atom stereocenters. The Hall–Kier alpha value is -1.62. The van der Waals surface area contributed by atoms with Crippen LogP contribution in [0.2, 0.25) is 0 Å². The van der Waals surface area contributed by atoms with Gasteiger partial charge in [-0.15, -0.1) is 34.0 Å². The predicted octanol–water partition coefficient (Wildman–Crippen LogP) is 6.07. The van der Waals surface area contributed by atoms with Gasteiger partial charge in [0.1, 0.15) is 11.5 Å². The van der Waals surface area contributed by atoms with Gasteiger partial charge in [-0.3, -0.25) is 0 Å². The van der Waals surface area contributed by atoms with Crippen molar-refractivity contribution >= 4 is 45.5 Å². The van der Waals surface area contributed by atoms with Crippen LogP contribution in [-0.2, 0) is 4.74 Å². The predicted molar refractivity (Wildman–Crippen MR) is 92.7 cm³/mol. The first-order valence-corrected chi connectivity index (χ1v) is 9.27. The number of hydrogen-bond acceptors (Lipinski definition) is 4. The first-order valence-electron chi connectivity index (χ1n) is 6.63. The van der Waals surface area contributed by atoms with E-state index in [2.05, 4.69) is 64.7 Å². The lowest BCUT2D eigenvalue weighted by Gasteiger charge is -2.20. The van der Waals surface area contributed by atoms with Crippen molar-refractivity contribution < 1.29 is 4.74 Å². The molecule has 1 aliphatic rings. The van der Waals surface area contributed by atoms with Crippen molar-refractivity contribution in [1.29, 1.82) is 0 Å². The standard InChI is InChI=1S/C17H12OS3/c1-4-15(19-7-1)12-10-13(16-5-2-8-20-16)18-14(11-12)17-6-3-9-21-17/h1-12H. The molecule has 4 heteroatoms. The van der Waals surface area contributed by atoms with Crippen molar-refractivity contribution in [2.24, 2.45) is 0 Å². The van der Waals surface area contributed by atoms with Crippen molar-refractivity contribution in [2.45, 2.75) is 5.92 Å². The highest BCUT2D eigenvalue weighted by molar-refractivity contribution is 7.11. The van der Waals surface area contributed by atoms with E-state index in [1.807, 2.05) is 0 Å². The summed E-state index contributed by atoms with van der Waals surface area (Å²) in [5, 5.41) is 6.30. The van der Waals surface area contributed by atoms with Crippen molar-refractivity contribution in [1.82, 2.24) is 0 Å². The van der Waals surface area contributed by atoms with E-state index in [1.165, 1.54) is 14.6 Å². The maximum Gasteiger partial charge on any atom is 0.141 e. The summed E-state index contributed by atoms with van der Waals surface area (Å²) in [6, 6.07) is 12.6. The molecule has 0 unspecified atom stereocenters. The first kappa shape index (κ1) is 13.1.